The molecule has 6 aliphatic rings. The number of likely N-dealkylation sites (tertiary alicyclic amines) is 3. The summed E-state index contributed by atoms with van der Waals surface area (Å²) in [5.41, 5.74) is 25.2. The van der Waals surface area contributed by atoms with Crippen molar-refractivity contribution in [3.8, 4) is 40.9 Å². The zero-order chi connectivity index (χ0) is 63.8. The van der Waals surface area contributed by atoms with Gasteiger partial charge in [0, 0.05) is 132 Å². The van der Waals surface area contributed by atoms with Gasteiger partial charge in [0.1, 0.15) is 34.7 Å². The first-order valence-corrected chi connectivity index (χ1v) is 31.0. The maximum atomic E-state index is 14.1. The number of aliphatic imine (C=N–C) groups is 1. The Kier molecular flexibility index (Phi) is 18.3. The lowest BCUT2D eigenvalue weighted by Crippen LogP contribution is -2.46. The van der Waals surface area contributed by atoms with Gasteiger partial charge in [-0.15, -0.1) is 0 Å². The van der Waals surface area contributed by atoms with E-state index in [1.165, 1.54) is 23.8 Å². The zero-order valence-electron chi connectivity index (χ0n) is 51.2. The summed E-state index contributed by atoms with van der Waals surface area (Å²) >= 11 is 0. The average molecular weight is 1240 g/mol. The summed E-state index contributed by atoms with van der Waals surface area (Å²) in [6, 6.07) is 48.0. The average Bonchev–Trinajstić information content (AvgIpc) is 1.60. The van der Waals surface area contributed by atoms with Gasteiger partial charge in [-0.25, -0.2) is 8.78 Å². The molecule has 17 heteroatoms. The van der Waals surface area contributed by atoms with Crippen LogP contribution >= 0.6 is 0 Å². The number of ether oxygens (including phenoxy) is 3. The number of piperidine rings is 3. The molecule has 468 valence electrons. The Balaban J connectivity index is 0.000000134. The Bertz CT molecular complexity index is 4230. The van der Waals surface area contributed by atoms with Crippen LogP contribution < -0.4 is 31.4 Å². The minimum atomic E-state index is -0.333. The Morgan fingerprint density at radius 2 is 1.00 bits per heavy atom. The molecule has 3 spiro atoms. The number of rotatable bonds is 7. The van der Waals surface area contributed by atoms with E-state index in [9.17, 15) is 23.2 Å². The molecule has 8 heterocycles. The summed E-state index contributed by atoms with van der Waals surface area (Å²) in [6.07, 6.45) is 7.83. The summed E-state index contributed by atoms with van der Waals surface area (Å²) in [4.78, 5) is 48.1. The second kappa shape index (κ2) is 27.1. The van der Waals surface area contributed by atoms with Crippen molar-refractivity contribution in [2.75, 3.05) is 66.1 Å². The number of amidine groups is 1. The molecular weight excluding hydrogens is 1160 g/mol. The van der Waals surface area contributed by atoms with Gasteiger partial charge in [0.05, 0.1) is 19.8 Å². The van der Waals surface area contributed by atoms with E-state index in [2.05, 4.69) is 40.8 Å². The number of benzene rings is 6. The first-order valence-electron chi connectivity index (χ1n) is 31.0. The molecule has 0 unspecified atom stereocenters. The van der Waals surface area contributed by atoms with Crippen LogP contribution in [-0.2, 0) is 34.1 Å². The zero-order valence-corrected chi connectivity index (χ0v) is 51.2. The van der Waals surface area contributed by atoms with Crippen molar-refractivity contribution >= 4 is 29.6 Å². The number of nitrogens with zero attached hydrogens (tertiary/aromatic N) is 4. The summed E-state index contributed by atoms with van der Waals surface area (Å²) in [5.74, 6) is 15.5. The number of fused-ring (bicyclic) bond motifs is 6. The maximum Gasteiger partial charge on any atom is 0.289 e. The molecule has 6 aliphatic heterocycles. The standard InChI is InChI=1S/C27H25N3O3.C26H23FN2O3.C22H23FN2O2/c1-29-25(28)20-8-11-23-22(17-20)27(18-32-23)13-15-30(16-14-27)26(31)24-12-10-21(33-24)9-7-19-5-3-2-4-6-19;27-22-15-24-21(14-19(22)16-28)26(17-31-24)10-12-29(13-11-26)25(30)23-9-8-20(32-23)7-6-18-4-2-1-3-5-18;23-19-4-2-1-3-17(19)6-8-21(26)25-11-9-22(10-12-25)15-27-20-7-5-16(14-24)13-18(20)22/h2-6,8,10-12,17H,13-16,18H2,1H3,(H2,28,29);1-5,8-9,14-15H,10-13,16-17,28H2;1-8,13H,9-12,14-15,24H2/b;;8-6+. The smallest absolute Gasteiger partial charge is 0.289 e. The number of nitrogens with two attached hydrogens (primary N) is 3. The first kappa shape index (κ1) is 62.0. The van der Waals surface area contributed by atoms with Gasteiger partial charge >= 0.3 is 0 Å². The van der Waals surface area contributed by atoms with E-state index in [1.54, 1.807) is 60.5 Å². The Labute approximate surface area is 533 Å². The van der Waals surface area contributed by atoms with Gasteiger partial charge in [-0.05, 0) is 147 Å². The van der Waals surface area contributed by atoms with E-state index in [-0.39, 0.29) is 57.9 Å². The van der Waals surface area contributed by atoms with Crippen LogP contribution in [0.25, 0.3) is 6.08 Å². The van der Waals surface area contributed by atoms with Gasteiger partial charge in [-0.1, -0.05) is 78.6 Å². The summed E-state index contributed by atoms with van der Waals surface area (Å²) in [7, 11) is 1.69. The third kappa shape index (κ3) is 13.2. The van der Waals surface area contributed by atoms with Crippen molar-refractivity contribution in [1.29, 1.82) is 0 Å². The fourth-order valence-electron chi connectivity index (χ4n) is 13.0. The SMILES string of the molecule is CN=C(N)c1ccc2c(c1)C1(CCN(C(=O)c3ccc(C#Cc4ccccc4)o3)CC1)CO2.NCc1cc2c(cc1F)OCC21CCN(C(=O)c2ccc(C#Cc3ccccc3)o2)CC1.NCc1ccc2c(c1)C1(CCN(C(=O)/C=C/c3ccccc3F)CC1)CO2. The minimum absolute atomic E-state index is 0.0352. The molecule has 0 aliphatic carbocycles. The topological polar surface area (TPSA) is 205 Å². The van der Waals surface area contributed by atoms with Crippen molar-refractivity contribution in [2.45, 2.75) is 67.9 Å². The van der Waals surface area contributed by atoms with Crippen molar-refractivity contribution < 1.29 is 46.2 Å². The molecule has 14 rings (SSSR count). The van der Waals surface area contributed by atoms with Gasteiger partial charge in [0.25, 0.3) is 11.8 Å². The van der Waals surface area contributed by atoms with Gasteiger partial charge in [0.15, 0.2) is 23.0 Å². The highest BCUT2D eigenvalue weighted by atomic mass is 19.1. The Morgan fingerprint density at radius 3 is 1.51 bits per heavy atom. The molecule has 0 radical (unpaired) electrons. The van der Waals surface area contributed by atoms with Crippen LogP contribution in [0.1, 0.15) is 121 Å². The van der Waals surface area contributed by atoms with Crippen LogP contribution in [0.2, 0.25) is 0 Å². The first-order chi connectivity index (χ1) is 44.8. The van der Waals surface area contributed by atoms with Gasteiger partial charge in [-0.2, -0.15) is 0 Å². The van der Waals surface area contributed by atoms with E-state index in [0.717, 1.165) is 83.4 Å². The fraction of sp³-hybridized carbons (Fsp3) is 0.280. The van der Waals surface area contributed by atoms with Crippen LogP contribution in [0.15, 0.2) is 178 Å². The number of carbonyl (C=O) groups is 3. The molecule has 6 N–H and O–H groups in total. The number of hydrogen-bond acceptors (Lipinski definition) is 11. The third-order valence-corrected chi connectivity index (χ3v) is 18.6. The van der Waals surface area contributed by atoms with Gasteiger partial charge in [-0.3, -0.25) is 19.4 Å². The van der Waals surface area contributed by atoms with E-state index in [0.29, 0.717) is 106 Å². The van der Waals surface area contributed by atoms with E-state index >= 15 is 0 Å². The Hall–Kier alpha value is -10.2. The molecule has 3 fully saturated rings. The molecule has 0 saturated carbocycles. The molecule has 6 aromatic carbocycles. The summed E-state index contributed by atoms with van der Waals surface area (Å²) < 4.78 is 56.9. The number of carbonyl (C=O) groups excluding carboxylic acids is 3. The predicted octanol–water partition coefficient (Wildman–Crippen LogP) is 10.7. The van der Waals surface area contributed by atoms with Gasteiger partial charge in [0.2, 0.25) is 5.91 Å². The van der Waals surface area contributed by atoms with E-state index < -0.39 is 0 Å². The largest absolute Gasteiger partial charge is 0.492 e. The highest BCUT2D eigenvalue weighted by Gasteiger charge is 2.47. The molecule has 15 nitrogen and oxygen atoms in total. The van der Waals surface area contributed by atoms with Crippen LogP contribution in [0.5, 0.6) is 17.2 Å². The van der Waals surface area contributed by atoms with E-state index in [1.807, 2.05) is 101 Å². The van der Waals surface area contributed by atoms with Crippen molar-refractivity contribution in [2.24, 2.45) is 22.2 Å². The van der Waals surface area contributed by atoms with Crippen LogP contribution in [-0.4, -0.2) is 104 Å². The number of halogens is 2. The van der Waals surface area contributed by atoms with Crippen molar-refractivity contribution in [3.05, 3.63) is 249 Å². The Morgan fingerprint density at radius 1 is 0.522 bits per heavy atom. The highest BCUT2D eigenvalue weighted by molar-refractivity contribution is 5.98. The minimum Gasteiger partial charge on any atom is -0.492 e. The molecule has 0 atom stereocenters. The van der Waals surface area contributed by atoms with Crippen molar-refractivity contribution in [3.63, 3.8) is 0 Å². The molecule has 8 aromatic rings. The molecule has 92 heavy (non-hydrogen) atoms. The number of hydrogen-bond donors (Lipinski definition) is 3. The van der Waals surface area contributed by atoms with Crippen LogP contribution in [0.4, 0.5) is 8.78 Å². The lowest BCUT2D eigenvalue weighted by atomic mass is 9.74. The van der Waals surface area contributed by atoms with Crippen molar-refractivity contribution in [1.82, 2.24) is 14.7 Å². The molecule has 2 aromatic heterocycles. The lowest BCUT2D eigenvalue weighted by Gasteiger charge is -2.38. The maximum absolute atomic E-state index is 14.1. The number of furan rings is 2. The quantitative estimate of drug-likeness (QED) is 0.0592. The fourth-order valence-corrected chi connectivity index (χ4v) is 13.0. The number of amides is 3. The second-order valence-corrected chi connectivity index (χ2v) is 24.0. The lowest BCUT2D eigenvalue weighted by molar-refractivity contribution is -0.127. The summed E-state index contributed by atoms with van der Waals surface area (Å²) in [6.45, 7) is 6.17. The third-order valence-electron chi connectivity index (χ3n) is 18.6. The van der Waals surface area contributed by atoms with Crippen LogP contribution in [0.3, 0.4) is 0 Å². The summed E-state index contributed by atoms with van der Waals surface area (Å²) in [5, 5.41) is 0. The molecule has 3 amide bonds. The predicted molar refractivity (Wildman–Crippen MR) is 347 cm³/mol. The monoisotopic (exact) mass is 1240 g/mol. The molecule has 0 bridgehead atoms. The molecular formula is C75H71F2N7O8. The second-order valence-electron chi connectivity index (χ2n) is 24.0. The van der Waals surface area contributed by atoms with E-state index in [4.69, 9.17) is 40.2 Å². The van der Waals surface area contributed by atoms with Crippen LogP contribution in [0, 0.1) is 35.3 Å². The highest BCUT2D eigenvalue weighted by Crippen LogP contribution is 2.49. The molecule has 3 saturated heterocycles. The normalized spacial score (nSPS) is 16.9. The van der Waals surface area contributed by atoms with Gasteiger partial charge < -0.3 is 54.9 Å².